The van der Waals surface area contributed by atoms with Gasteiger partial charge in [-0.05, 0) is 38.4 Å². The summed E-state index contributed by atoms with van der Waals surface area (Å²) >= 11 is 0. The molecule has 3 nitrogen and oxygen atoms in total. The molecule has 4 N–H and O–H groups in total. The average molecular weight is 157 g/mol. The van der Waals surface area contributed by atoms with Crippen LogP contribution in [0.2, 0.25) is 0 Å². The quantitative estimate of drug-likeness (QED) is 0.587. The number of nitrogens with zero attached hydrogens (tertiary/aromatic N) is 1. The van der Waals surface area contributed by atoms with E-state index >= 15 is 0 Å². The van der Waals surface area contributed by atoms with E-state index < -0.39 is 0 Å². The van der Waals surface area contributed by atoms with Crippen molar-refractivity contribution in [3.05, 3.63) is 0 Å². The van der Waals surface area contributed by atoms with Crippen LogP contribution in [0.1, 0.15) is 12.8 Å². The molecule has 3 heteroatoms. The summed E-state index contributed by atoms with van der Waals surface area (Å²) < 4.78 is 0. The van der Waals surface area contributed by atoms with Gasteiger partial charge in [0, 0.05) is 13.1 Å². The van der Waals surface area contributed by atoms with Gasteiger partial charge in [-0.2, -0.15) is 0 Å². The van der Waals surface area contributed by atoms with Gasteiger partial charge < -0.3 is 16.4 Å². The summed E-state index contributed by atoms with van der Waals surface area (Å²) in [6.45, 7) is 5.08. The van der Waals surface area contributed by atoms with Crippen molar-refractivity contribution in [1.82, 2.24) is 4.90 Å². The van der Waals surface area contributed by atoms with Gasteiger partial charge in [0.1, 0.15) is 0 Å². The number of nitrogens with two attached hydrogens (primary N) is 2. The fourth-order valence-electron chi connectivity index (χ4n) is 1.63. The minimum Gasteiger partial charge on any atom is -0.330 e. The fraction of sp³-hybridized carbons (Fsp3) is 1.00. The third-order valence-electron chi connectivity index (χ3n) is 2.49. The summed E-state index contributed by atoms with van der Waals surface area (Å²) in [6, 6.07) is 0. The molecule has 11 heavy (non-hydrogen) atoms. The topological polar surface area (TPSA) is 55.3 Å². The molecule has 0 aromatic heterocycles. The maximum absolute atomic E-state index is 5.58. The van der Waals surface area contributed by atoms with E-state index in [1.807, 2.05) is 0 Å². The lowest BCUT2D eigenvalue weighted by molar-refractivity contribution is 0.192. The van der Waals surface area contributed by atoms with Gasteiger partial charge >= 0.3 is 0 Å². The lowest BCUT2D eigenvalue weighted by atomic mass is 9.97. The van der Waals surface area contributed by atoms with Crippen molar-refractivity contribution in [2.75, 3.05) is 32.7 Å². The summed E-state index contributed by atoms with van der Waals surface area (Å²) in [4.78, 5) is 2.42. The van der Waals surface area contributed by atoms with Crippen LogP contribution in [-0.4, -0.2) is 37.6 Å². The molecule has 0 spiro atoms. The lowest BCUT2D eigenvalue weighted by Gasteiger charge is -2.30. The Morgan fingerprint density at radius 1 is 1.18 bits per heavy atom. The average Bonchev–Trinajstić information content (AvgIpc) is 2.07. The number of likely N-dealkylation sites (tertiary alicyclic amines) is 1. The van der Waals surface area contributed by atoms with Crippen LogP contribution in [-0.2, 0) is 0 Å². The molecular weight excluding hydrogens is 138 g/mol. The molecule has 1 heterocycles. The second kappa shape index (κ2) is 4.70. The van der Waals surface area contributed by atoms with E-state index in [4.69, 9.17) is 11.5 Å². The number of hydrogen-bond acceptors (Lipinski definition) is 3. The van der Waals surface area contributed by atoms with Crippen molar-refractivity contribution in [2.45, 2.75) is 12.8 Å². The van der Waals surface area contributed by atoms with Crippen LogP contribution in [0.25, 0.3) is 0 Å². The molecule has 0 bridgehead atoms. The number of rotatable bonds is 3. The van der Waals surface area contributed by atoms with Gasteiger partial charge in [0.2, 0.25) is 0 Å². The largest absolute Gasteiger partial charge is 0.330 e. The Morgan fingerprint density at radius 2 is 1.82 bits per heavy atom. The van der Waals surface area contributed by atoms with E-state index in [1.54, 1.807) is 0 Å². The third kappa shape index (κ3) is 2.77. The van der Waals surface area contributed by atoms with Crippen molar-refractivity contribution >= 4 is 0 Å². The highest BCUT2D eigenvalue weighted by molar-refractivity contribution is 4.72. The SMILES string of the molecule is NCCN1CCC(CN)CC1. The van der Waals surface area contributed by atoms with Gasteiger partial charge in [0.15, 0.2) is 0 Å². The van der Waals surface area contributed by atoms with Crippen LogP contribution in [0.3, 0.4) is 0 Å². The standard InChI is InChI=1S/C8H19N3/c9-3-6-11-4-1-8(7-10)2-5-11/h8H,1-7,9-10H2. The molecule has 0 amide bonds. The van der Waals surface area contributed by atoms with E-state index in [1.165, 1.54) is 25.9 Å². The number of piperidine rings is 1. The van der Waals surface area contributed by atoms with E-state index in [2.05, 4.69) is 4.90 Å². The monoisotopic (exact) mass is 157 g/mol. The highest BCUT2D eigenvalue weighted by Gasteiger charge is 2.16. The highest BCUT2D eigenvalue weighted by atomic mass is 15.1. The zero-order valence-electron chi connectivity index (χ0n) is 7.13. The lowest BCUT2D eigenvalue weighted by Crippen LogP contribution is -2.38. The van der Waals surface area contributed by atoms with Crippen molar-refractivity contribution < 1.29 is 0 Å². The summed E-state index contributed by atoms with van der Waals surface area (Å²) in [6.07, 6.45) is 2.52. The predicted molar refractivity (Wildman–Crippen MR) is 47.3 cm³/mol. The van der Waals surface area contributed by atoms with Gasteiger partial charge in [0.05, 0.1) is 0 Å². The minimum absolute atomic E-state index is 0.768. The Bertz CT molecular complexity index is 97.5. The Hall–Kier alpha value is -0.120. The number of hydrogen-bond donors (Lipinski definition) is 2. The maximum Gasteiger partial charge on any atom is 0.0105 e. The molecule has 0 aliphatic carbocycles. The molecule has 1 aliphatic heterocycles. The molecular formula is C8H19N3. The van der Waals surface area contributed by atoms with Gasteiger partial charge in [-0.3, -0.25) is 0 Å². The van der Waals surface area contributed by atoms with Crippen LogP contribution in [0, 0.1) is 5.92 Å². The summed E-state index contributed by atoms with van der Waals surface area (Å²) in [5, 5.41) is 0. The summed E-state index contributed by atoms with van der Waals surface area (Å²) in [5.41, 5.74) is 11.0. The Morgan fingerprint density at radius 3 is 2.27 bits per heavy atom. The Labute approximate surface area is 68.7 Å². The van der Waals surface area contributed by atoms with Crippen LogP contribution in [0.4, 0.5) is 0 Å². The van der Waals surface area contributed by atoms with E-state index in [0.717, 1.165) is 25.6 Å². The Kier molecular flexibility index (Phi) is 3.83. The molecule has 1 saturated heterocycles. The molecule has 1 fully saturated rings. The minimum atomic E-state index is 0.768. The summed E-state index contributed by atoms with van der Waals surface area (Å²) in [5.74, 6) is 0.768. The molecule has 0 aromatic rings. The maximum atomic E-state index is 5.58. The molecule has 0 aromatic carbocycles. The second-order valence-corrected chi connectivity index (χ2v) is 3.31. The first-order valence-electron chi connectivity index (χ1n) is 4.49. The molecule has 0 unspecified atom stereocenters. The highest BCUT2D eigenvalue weighted by Crippen LogP contribution is 2.14. The zero-order valence-corrected chi connectivity index (χ0v) is 7.13. The van der Waals surface area contributed by atoms with E-state index in [-0.39, 0.29) is 0 Å². The van der Waals surface area contributed by atoms with Gasteiger partial charge in [-0.25, -0.2) is 0 Å². The smallest absolute Gasteiger partial charge is 0.0105 e. The first-order chi connectivity index (χ1) is 5.36. The molecule has 0 radical (unpaired) electrons. The first kappa shape index (κ1) is 8.97. The molecule has 1 aliphatic rings. The molecule has 66 valence electrons. The second-order valence-electron chi connectivity index (χ2n) is 3.31. The normalized spacial score (nSPS) is 22.4. The van der Waals surface area contributed by atoms with Gasteiger partial charge in [-0.15, -0.1) is 0 Å². The van der Waals surface area contributed by atoms with Crippen molar-refractivity contribution in [3.8, 4) is 0 Å². The molecule has 1 rings (SSSR count). The first-order valence-corrected chi connectivity index (χ1v) is 4.49. The van der Waals surface area contributed by atoms with Crippen LogP contribution in [0.5, 0.6) is 0 Å². The van der Waals surface area contributed by atoms with Crippen molar-refractivity contribution in [1.29, 1.82) is 0 Å². The third-order valence-corrected chi connectivity index (χ3v) is 2.49. The zero-order chi connectivity index (χ0) is 8.10. The van der Waals surface area contributed by atoms with Gasteiger partial charge in [-0.1, -0.05) is 0 Å². The molecule has 0 saturated carbocycles. The predicted octanol–water partition coefficient (Wildman–Crippen LogP) is -0.384. The van der Waals surface area contributed by atoms with E-state index in [0.29, 0.717) is 0 Å². The molecule has 0 atom stereocenters. The van der Waals surface area contributed by atoms with Crippen LogP contribution in [0.15, 0.2) is 0 Å². The summed E-state index contributed by atoms with van der Waals surface area (Å²) in [7, 11) is 0. The van der Waals surface area contributed by atoms with Crippen molar-refractivity contribution in [3.63, 3.8) is 0 Å². The van der Waals surface area contributed by atoms with Crippen LogP contribution < -0.4 is 11.5 Å². The van der Waals surface area contributed by atoms with Crippen molar-refractivity contribution in [2.24, 2.45) is 17.4 Å². The van der Waals surface area contributed by atoms with Crippen LogP contribution >= 0.6 is 0 Å². The van der Waals surface area contributed by atoms with Gasteiger partial charge in [0.25, 0.3) is 0 Å². The fourth-order valence-corrected chi connectivity index (χ4v) is 1.63. The van der Waals surface area contributed by atoms with E-state index in [9.17, 15) is 0 Å². The Balaban J connectivity index is 2.14.